The fourth-order valence-electron chi connectivity index (χ4n) is 2.90. The molecule has 0 aromatic heterocycles. The number of hydrogen-bond donors (Lipinski definition) is 0. The van der Waals surface area contributed by atoms with Crippen molar-refractivity contribution in [3.05, 3.63) is 0 Å². The summed E-state index contributed by atoms with van der Waals surface area (Å²) in [5.74, 6) is 3.01. The van der Waals surface area contributed by atoms with Crippen LogP contribution in [0, 0.1) is 11.8 Å². The summed E-state index contributed by atoms with van der Waals surface area (Å²) < 4.78 is 0. The summed E-state index contributed by atoms with van der Waals surface area (Å²) in [7, 11) is 0. The van der Waals surface area contributed by atoms with Crippen LogP contribution in [0.25, 0.3) is 0 Å². The van der Waals surface area contributed by atoms with Crippen molar-refractivity contribution in [1.82, 2.24) is 4.90 Å². The van der Waals surface area contributed by atoms with Gasteiger partial charge in [-0.3, -0.25) is 4.99 Å². The highest BCUT2D eigenvalue weighted by molar-refractivity contribution is 5.85. The Morgan fingerprint density at radius 1 is 1.27 bits per heavy atom. The van der Waals surface area contributed by atoms with Gasteiger partial charge in [-0.05, 0) is 31.6 Å². The van der Waals surface area contributed by atoms with Crippen molar-refractivity contribution >= 4 is 5.84 Å². The lowest BCUT2D eigenvalue weighted by molar-refractivity contribution is 0.373. The van der Waals surface area contributed by atoms with Crippen LogP contribution >= 0.6 is 0 Å². The molecule has 0 radical (unpaired) electrons. The summed E-state index contributed by atoms with van der Waals surface area (Å²) >= 11 is 0. The smallest absolute Gasteiger partial charge is 0.102 e. The lowest BCUT2D eigenvalue weighted by Gasteiger charge is -2.32. The van der Waals surface area contributed by atoms with Crippen LogP contribution in [0.5, 0.6) is 0 Å². The van der Waals surface area contributed by atoms with Gasteiger partial charge in [0, 0.05) is 25.6 Å². The second-order valence-corrected chi connectivity index (χ2v) is 5.40. The first-order valence-electron chi connectivity index (χ1n) is 6.56. The molecular weight excluding hydrogens is 184 g/mol. The molecule has 1 unspecified atom stereocenters. The Morgan fingerprint density at radius 3 is 2.87 bits per heavy atom. The summed E-state index contributed by atoms with van der Waals surface area (Å²) in [6.45, 7) is 8.25. The molecule has 2 nitrogen and oxygen atoms in total. The van der Waals surface area contributed by atoms with E-state index >= 15 is 0 Å². The van der Waals surface area contributed by atoms with Gasteiger partial charge in [0.25, 0.3) is 0 Å². The predicted molar refractivity (Wildman–Crippen MR) is 65.3 cm³/mol. The quantitative estimate of drug-likeness (QED) is 0.681. The molecular formula is C13H24N2. The van der Waals surface area contributed by atoms with E-state index in [-0.39, 0.29) is 0 Å². The summed E-state index contributed by atoms with van der Waals surface area (Å²) in [6, 6.07) is 0. The molecule has 1 atom stereocenters. The maximum Gasteiger partial charge on any atom is 0.102 e. The van der Waals surface area contributed by atoms with Gasteiger partial charge in [0.05, 0.1) is 0 Å². The van der Waals surface area contributed by atoms with Crippen LogP contribution in [-0.4, -0.2) is 30.4 Å². The SMILES string of the molecule is CC(C)CC1CCCCN2CCCN=C12. The Morgan fingerprint density at radius 2 is 2.07 bits per heavy atom. The monoisotopic (exact) mass is 208 g/mol. The lowest BCUT2D eigenvalue weighted by atomic mass is 9.91. The minimum atomic E-state index is 0.757. The van der Waals surface area contributed by atoms with E-state index in [1.807, 2.05) is 0 Å². The highest BCUT2D eigenvalue weighted by atomic mass is 15.2. The predicted octanol–water partition coefficient (Wildman–Crippen LogP) is 2.94. The van der Waals surface area contributed by atoms with E-state index in [2.05, 4.69) is 18.7 Å². The molecule has 86 valence electrons. The van der Waals surface area contributed by atoms with Crippen molar-refractivity contribution in [2.45, 2.75) is 46.0 Å². The van der Waals surface area contributed by atoms with Gasteiger partial charge in [0.2, 0.25) is 0 Å². The summed E-state index contributed by atoms with van der Waals surface area (Å²) in [5.41, 5.74) is 0. The summed E-state index contributed by atoms with van der Waals surface area (Å²) in [4.78, 5) is 7.35. The van der Waals surface area contributed by atoms with E-state index in [0.29, 0.717) is 0 Å². The Labute approximate surface area is 93.8 Å². The second kappa shape index (κ2) is 5.00. The van der Waals surface area contributed by atoms with Crippen molar-refractivity contribution < 1.29 is 0 Å². The first kappa shape index (κ1) is 11.0. The standard InChI is InChI=1S/C13H24N2/c1-11(2)10-12-6-3-4-8-15-9-5-7-14-13(12)15/h11-12H,3-10H2,1-2H3. The molecule has 0 aromatic carbocycles. The van der Waals surface area contributed by atoms with Crippen molar-refractivity contribution in [3.8, 4) is 0 Å². The van der Waals surface area contributed by atoms with Crippen molar-refractivity contribution in [2.24, 2.45) is 16.8 Å². The molecule has 0 amide bonds. The van der Waals surface area contributed by atoms with Gasteiger partial charge < -0.3 is 4.90 Å². The molecule has 0 aromatic rings. The third-order valence-corrected chi connectivity index (χ3v) is 3.54. The minimum absolute atomic E-state index is 0.757. The zero-order valence-electron chi connectivity index (χ0n) is 10.2. The third-order valence-electron chi connectivity index (χ3n) is 3.54. The molecule has 0 saturated carbocycles. The number of aliphatic imine (C=N–C) groups is 1. The van der Waals surface area contributed by atoms with Gasteiger partial charge in [-0.2, -0.15) is 0 Å². The Kier molecular flexibility index (Phi) is 3.66. The van der Waals surface area contributed by atoms with Crippen LogP contribution in [0.1, 0.15) is 46.0 Å². The van der Waals surface area contributed by atoms with Gasteiger partial charge in [-0.1, -0.05) is 20.3 Å². The van der Waals surface area contributed by atoms with E-state index in [0.717, 1.165) is 18.4 Å². The van der Waals surface area contributed by atoms with Crippen LogP contribution < -0.4 is 0 Å². The lowest BCUT2D eigenvalue weighted by Crippen LogP contribution is -2.39. The van der Waals surface area contributed by atoms with Crippen molar-refractivity contribution in [2.75, 3.05) is 19.6 Å². The molecule has 15 heavy (non-hydrogen) atoms. The van der Waals surface area contributed by atoms with Crippen LogP contribution in [0.2, 0.25) is 0 Å². The molecule has 0 N–H and O–H groups in total. The van der Waals surface area contributed by atoms with Gasteiger partial charge in [-0.15, -0.1) is 0 Å². The fraction of sp³-hybridized carbons (Fsp3) is 0.923. The molecule has 0 bridgehead atoms. The van der Waals surface area contributed by atoms with E-state index < -0.39 is 0 Å². The third kappa shape index (κ3) is 2.73. The Bertz CT molecular complexity index is 233. The average molecular weight is 208 g/mol. The number of amidine groups is 1. The molecule has 0 spiro atoms. The van der Waals surface area contributed by atoms with Crippen molar-refractivity contribution in [3.63, 3.8) is 0 Å². The Balaban J connectivity index is 2.09. The summed E-state index contributed by atoms with van der Waals surface area (Å²) in [6.07, 6.45) is 6.72. The fourth-order valence-corrected chi connectivity index (χ4v) is 2.90. The zero-order valence-corrected chi connectivity index (χ0v) is 10.2. The van der Waals surface area contributed by atoms with E-state index in [1.54, 1.807) is 0 Å². The van der Waals surface area contributed by atoms with Crippen LogP contribution in [0.4, 0.5) is 0 Å². The number of hydrogen-bond acceptors (Lipinski definition) is 2. The van der Waals surface area contributed by atoms with E-state index in [9.17, 15) is 0 Å². The molecule has 1 saturated heterocycles. The average Bonchev–Trinajstić information content (AvgIpc) is 2.41. The zero-order chi connectivity index (χ0) is 10.7. The first-order valence-corrected chi connectivity index (χ1v) is 6.56. The molecule has 0 aliphatic carbocycles. The van der Waals surface area contributed by atoms with Gasteiger partial charge in [0.1, 0.15) is 5.84 Å². The van der Waals surface area contributed by atoms with E-state index in [4.69, 9.17) is 4.99 Å². The van der Waals surface area contributed by atoms with E-state index in [1.165, 1.54) is 51.0 Å². The second-order valence-electron chi connectivity index (χ2n) is 5.40. The van der Waals surface area contributed by atoms with Gasteiger partial charge >= 0.3 is 0 Å². The molecule has 2 aliphatic rings. The van der Waals surface area contributed by atoms with Gasteiger partial charge in [-0.25, -0.2) is 0 Å². The maximum absolute atomic E-state index is 4.79. The number of nitrogens with zero attached hydrogens (tertiary/aromatic N) is 2. The van der Waals surface area contributed by atoms with Crippen LogP contribution in [0.15, 0.2) is 4.99 Å². The van der Waals surface area contributed by atoms with Crippen LogP contribution in [0.3, 0.4) is 0 Å². The van der Waals surface area contributed by atoms with Crippen LogP contribution in [-0.2, 0) is 0 Å². The maximum atomic E-state index is 4.79. The number of fused-ring (bicyclic) bond motifs is 1. The summed E-state index contributed by atoms with van der Waals surface area (Å²) in [5, 5.41) is 0. The molecule has 2 aliphatic heterocycles. The minimum Gasteiger partial charge on any atom is -0.360 e. The highest BCUT2D eigenvalue weighted by Gasteiger charge is 2.26. The molecule has 2 heteroatoms. The Hall–Kier alpha value is -0.530. The highest BCUT2D eigenvalue weighted by Crippen LogP contribution is 2.26. The molecule has 2 rings (SSSR count). The largest absolute Gasteiger partial charge is 0.360 e. The van der Waals surface area contributed by atoms with Gasteiger partial charge in [0.15, 0.2) is 0 Å². The number of rotatable bonds is 2. The van der Waals surface area contributed by atoms with Crippen molar-refractivity contribution in [1.29, 1.82) is 0 Å². The topological polar surface area (TPSA) is 15.6 Å². The normalized spacial score (nSPS) is 27.3. The first-order chi connectivity index (χ1) is 7.27. The molecule has 1 fully saturated rings. The molecule has 2 heterocycles.